The van der Waals surface area contributed by atoms with Gasteiger partial charge >= 0.3 is 0 Å². The zero-order valence-corrected chi connectivity index (χ0v) is 15.9. The summed E-state index contributed by atoms with van der Waals surface area (Å²) in [6.07, 6.45) is 7.63. The summed E-state index contributed by atoms with van der Waals surface area (Å²) in [5.74, 6) is 0. The molecule has 3 aromatic rings. The van der Waals surface area contributed by atoms with Gasteiger partial charge in [-0.1, -0.05) is 85.3 Å². The number of benzene rings is 3. The van der Waals surface area contributed by atoms with E-state index in [1.54, 1.807) is 0 Å². The fraction of sp³-hybridized carbons (Fsp3) is 0.154. The van der Waals surface area contributed by atoms with E-state index >= 15 is 0 Å². The van der Waals surface area contributed by atoms with E-state index in [9.17, 15) is 0 Å². The van der Waals surface area contributed by atoms with Crippen molar-refractivity contribution in [2.45, 2.75) is 27.2 Å². The average Bonchev–Trinajstić information content (AvgIpc) is 2.69. The van der Waals surface area contributed by atoms with Crippen LogP contribution in [0.15, 0.2) is 91.0 Å². The van der Waals surface area contributed by atoms with Gasteiger partial charge in [-0.05, 0) is 71.9 Å². The van der Waals surface area contributed by atoms with Crippen LogP contribution in [0.2, 0.25) is 0 Å². The Labute approximate surface area is 157 Å². The summed E-state index contributed by atoms with van der Waals surface area (Å²) >= 11 is 0. The van der Waals surface area contributed by atoms with Gasteiger partial charge in [0.25, 0.3) is 0 Å². The van der Waals surface area contributed by atoms with Gasteiger partial charge < -0.3 is 0 Å². The predicted molar refractivity (Wildman–Crippen MR) is 115 cm³/mol. The Hall–Kier alpha value is -2.86. The van der Waals surface area contributed by atoms with Gasteiger partial charge in [0.05, 0.1) is 0 Å². The molecular weight excluding hydrogens is 312 g/mol. The fourth-order valence-corrected chi connectivity index (χ4v) is 3.19. The first-order chi connectivity index (χ1) is 12.7. The fourth-order valence-electron chi connectivity index (χ4n) is 3.19. The van der Waals surface area contributed by atoms with Crippen LogP contribution >= 0.6 is 0 Å². The van der Waals surface area contributed by atoms with Gasteiger partial charge in [0.15, 0.2) is 0 Å². The smallest absolute Gasteiger partial charge is 0.0172 e. The molecule has 0 saturated carbocycles. The Morgan fingerprint density at radius 1 is 0.769 bits per heavy atom. The highest BCUT2D eigenvalue weighted by Gasteiger charge is 2.07. The van der Waals surface area contributed by atoms with E-state index < -0.39 is 0 Å². The van der Waals surface area contributed by atoms with Crippen LogP contribution in [-0.2, 0) is 0 Å². The third kappa shape index (κ3) is 4.21. The minimum atomic E-state index is 1.02. The van der Waals surface area contributed by atoms with Crippen molar-refractivity contribution < 1.29 is 0 Å². The molecule has 0 spiro atoms. The Bertz CT molecular complexity index is 910. The highest BCUT2D eigenvalue weighted by molar-refractivity contribution is 5.83. The Morgan fingerprint density at radius 3 is 1.96 bits per heavy atom. The summed E-state index contributed by atoms with van der Waals surface area (Å²) in [5, 5.41) is 0. The van der Waals surface area contributed by atoms with E-state index in [1.807, 2.05) is 0 Å². The monoisotopic (exact) mass is 338 g/mol. The van der Waals surface area contributed by atoms with Gasteiger partial charge in [-0.2, -0.15) is 0 Å². The number of hydrogen-bond acceptors (Lipinski definition) is 0. The van der Waals surface area contributed by atoms with E-state index in [2.05, 4.69) is 112 Å². The molecule has 3 rings (SSSR count). The maximum atomic E-state index is 2.30. The molecule has 0 saturated heterocycles. The third-order valence-corrected chi connectivity index (χ3v) is 4.53. The predicted octanol–water partition coefficient (Wildman–Crippen LogP) is 7.70. The van der Waals surface area contributed by atoms with Gasteiger partial charge in [-0.15, -0.1) is 0 Å². The van der Waals surface area contributed by atoms with E-state index in [0.717, 1.165) is 6.42 Å². The summed E-state index contributed by atoms with van der Waals surface area (Å²) < 4.78 is 0. The van der Waals surface area contributed by atoms with Crippen molar-refractivity contribution in [2.24, 2.45) is 0 Å². The van der Waals surface area contributed by atoms with Crippen molar-refractivity contribution in [2.75, 3.05) is 0 Å². The lowest BCUT2D eigenvalue weighted by Crippen LogP contribution is -1.88. The molecule has 0 bridgehead atoms. The molecule has 0 atom stereocenters. The zero-order chi connectivity index (χ0) is 18.4. The second-order valence-electron chi connectivity index (χ2n) is 6.60. The lowest BCUT2D eigenvalue weighted by atomic mass is 9.92. The first kappa shape index (κ1) is 17.9. The maximum Gasteiger partial charge on any atom is -0.0172 e. The molecule has 0 nitrogen and oxygen atoms in total. The summed E-state index contributed by atoms with van der Waals surface area (Å²) in [6, 6.07) is 26.3. The van der Waals surface area contributed by atoms with Gasteiger partial charge in [0.2, 0.25) is 0 Å². The van der Waals surface area contributed by atoms with E-state index in [0.29, 0.717) is 0 Å². The second kappa shape index (κ2) is 8.49. The quantitative estimate of drug-likeness (QED) is 0.418. The molecule has 0 N–H and O–H groups in total. The van der Waals surface area contributed by atoms with E-state index in [-0.39, 0.29) is 0 Å². The summed E-state index contributed by atoms with van der Waals surface area (Å²) in [4.78, 5) is 0. The van der Waals surface area contributed by atoms with Crippen molar-refractivity contribution in [1.29, 1.82) is 0 Å². The molecule has 0 aliphatic heterocycles. The average molecular weight is 338 g/mol. The molecule has 0 aliphatic rings. The van der Waals surface area contributed by atoms with Crippen LogP contribution in [0.1, 0.15) is 31.4 Å². The van der Waals surface area contributed by atoms with Gasteiger partial charge in [0.1, 0.15) is 0 Å². The molecule has 0 aromatic heterocycles. The molecule has 0 amide bonds. The van der Waals surface area contributed by atoms with Crippen LogP contribution in [0.4, 0.5) is 0 Å². The first-order valence-electron chi connectivity index (χ1n) is 9.32. The topological polar surface area (TPSA) is 0 Å². The van der Waals surface area contributed by atoms with Crippen molar-refractivity contribution in [3.05, 3.63) is 102 Å². The van der Waals surface area contributed by atoms with Crippen LogP contribution in [0.5, 0.6) is 0 Å². The van der Waals surface area contributed by atoms with Gasteiger partial charge in [0, 0.05) is 0 Å². The van der Waals surface area contributed by atoms with E-state index in [4.69, 9.17) is 0 Å². The summed E-state index contributed by atoms with van der Waals surface area (Å²) in [7, 11) is 0. The SMILES string of the molecule is C/C=C\C(=C/CC)c1cc(-c2ccccc2)cc(-c2ccc(C)cc2)c1. The minimum Gasteiger partial charge on any atom is -0.0871 e. The highest BCUT2D eigenvalue weighted by atomic mass is 14.1. The number of rotatable bonds is 5. The summed E-state index contributed by atoms with van der Waals surface area (Å²) in [5.41, 5.74) is 8.85. The standard InChI is InChI=1S/C26H26/c1-4-9-21(10-5-2)24-17-25(22-11-7-6-8-12-22)19-26(18-24)23-15-13-20(3)14-16-23/h4,6-19H,5H2,1-3H3/b9-4-,21-10+. The van der Waals surface area contributed by atoms with Crippen molar-refractivity contribution in [3.63, 3.8) is 0 Å². The molecule has 130 valence electrons. The molecule has 0 heteroatoms. The van der Waals surface area contributed by atoms with Crippen LogP contribution in [0.25, 0.3) is 27.8 Å². The molecule has 0 radical (unpaired) electrons. The Balaban J connectivity index is 2.19. The largest absolute Gasteiger partial charge is 0.0871 e. The third-order valence-electron chi connectivity index (χ3n) is 4.53. The summed E-state index contributed by atoms with van der Waals surface area (Å²) in [6.45, 7) is 6.39. The molecule has 0 unspecified atom stereocenters. The van der Waals surface area contributed by atoms with E-state index in [1.165, 1.54) is 39.0 Å². The lowest BCUT2D eigenvalue weighted by molar-refractivity contribution is 1.23. The van der Waals surface area contributed by atoms with Gasteiger partial charge in [-0.25, -0.2) is 0 Å². The lowest BCUT2D eigenvalue weighted by Gasteiger charge is -2.12. The number of aryl methyl sites for hydroxylation is 1. The van der Waals surface area contributed by atoms with Crippen molar-refractivity contribution in [1.82, 2.24) is 0 Å². The Morgan fingerprint density at radius 2 is 1.38 bits per heavy atom. The maximum absolute atomic E-state index is 2.30. The number of allylic oxidation sites excluding steroid dienone is 4. The van der Waals surface area contributed by atoms with Crippen LogP contribution in [0.3, 0.4) is 0 Å². The molecular formula is C26H26. The molecule has 0 fully saturated rings. The van der Waals surface area contributed by atoms with Crippen molar-refractivity contribution >= 4 is 5.57 Å². The minimum absolute atomic E-state index is 1.02. The molecule has 0 aliphatic carbocycles. The zero-order valence-electron chi connectivity index (χ0n) is 15.9. The molecule has 26 heavy (non-hydrogen) atoms. The normalized spacial score (nSPS) is 11.9. The molecule has 3 aromatic carbocycles. The van der Waals surface area contributed by atoms with Crippen LogP contribution < -0.4 is 0 Å². The first-order valence-corrected chi connectivity index (χ1v) is 9.32. The van der Waals surface area contributed by atoms with Crippen LogP contribution in [0, 0.1) is 6.92 Å². The number of hydrogen-bond donors (Lipinski definition) is 0. The van der Waals surface area contributed by atoms with Gasteiger partial charge in [-0.3, -0.25) is 0 Å². The van der Waals surface area contributed by atoms with Crippen LogP contribution in [-0.4, -0.2) is 0 Å². The highest BCUT2D eigenvalue weighted by Crippen LogP contribution is 2.31. The second-order valence-corrected chi connectivity index (χ2v) is 6.60. The van der Waals surface area contributed by atoms with Crippen molar-refractivity contribution in [3.8, 4) is 22.3 Å². The molecule has 0 heterocycles. The Kier molecular flexibility index (Phi) is 5.86.